The monoisotopic (exact) mass is 237 g/mol. The van der Waals surface area contributed by atoms with Crippen molar-refractivity contribution in [1.29, 1.82) is 0 Å². The molecule has 4 heteroatoms. The zero-order valence-corrected chi connectivity index (χ0v) is 9.87. The lowest BCUT2D eigenvalue weighted by Crippen LogP contribution is -2.28. The molecule has 0 saturated carbocycles. The Kier molecular flexibility index (Phi) is 3.62. The number of hydrogen-bond donors (Lipinski definition) is 1. The largest absolute Gasteiger partial charge is 0.478 e. The summed E-state index contributed by atoms with van der Waals surface area (Å²) in [7, 11) is 0. The molecule has 2 rings (SSSR count). The maximum atomic E-state index is 10.4. The van der Waals surface area contributed by atoms with Crippen LogP contribution >= 0.6 is 11.3 Å². The van der Waals surface area contributed by atoms with Crippen LogP contribution in [0.3, 0.4) is 0 Å². The van der Waals surface area contributed by atoms with Crippen molar-refractivity contribution in [2.75, 3.05) is 18.0 Å². The molecule has 1 aliphatic rings. The second kappa shape index (κ2) is 5.16. The number of nitrogens with zero attached hydrogens (tertiary/aromatic N) is 1. The standard InChI is InChI=1S/C12H15NO2S/c14-12(15)7-5-10-4-6-11(16-10)13-8-2-1-3-9-13/h4-7H,1-3,8-9H2,(H,14,15)/b7-5+. The van der Waals surface area contributed by atoms with E-state index in [0.29, 0.717) is 0 Å². The van der Waals surface area contributed by atoms with Crippen molar-refractivity contribution in [3.05, 3.63) is 23.1 Å². The van der Waals surface area contributed by atoms with Gasteiger partial charge in [-0.15, -0.1) is 11.3 Å². The molecule has 0 atom stereocenters. The normalized spacial score (nSPS) is 16.9. The molecular formula is C12H15NO2S. The summed E-state index contributed by atoms with van der Waals surface area (Å²) in [6.45, 7) is 2.26. The van der Waals surface area contributed by atoms with E-state index < -0.39 is 5.97 Å². The smallest absolute Gasteiger partial charge is 0.328 e. The van der Waals surface area contributed by atoms with Gasteiger partial charge in [-0.1, -0.05) is 0 Å². The molecule has 0 aromatic carbocycles. The van der Waals surface area contributed by atoms with E-state index in [1.54, 1.807) is 17.4 Å². The van der Waals surface area contributed by atoms with Gasteiger partial charge in [0, 0.05) is 24.0 Å². The molecule has 3 nitrogen and oxygen atoms in total. The number of rotatable bonds is 3. The maximum Gasteiger partial charge on any atom is 0.328 e. The Bertz CT molecular complexity index is 391. The molecule has 1 saturated heterocycles. The van der Waals surface area contributed by atoms with Crippen molar-refractivity contribution in [2.45, 2.75) is 19.3 Å². The third-order valence-corrected chi connectivity index (χ3v) is 3.78. The Morgan fingerprint density at radius 1 is 1.31 bits per heavy atom. The average Bonchev–Trinajstić information content (AvgIpc) is 2.76. The van der Waals surface area contributed by atoms with Gasteiger partial charge in [-0.2, -0.15) is 0 Å². The first-order valence-electron chi connectivity index (χ1n) is 5.51. The first-order chi connectivity index (χ1) is 7.75. The molecule has 1 fully saturated rings. The Balaban J connectivity index is 2.03. The predicted octanol–water partition coefficient (Wildman–Crippen LogP) is 2.84. The summed E-state index contributed by atoms with van der Waals surface area (Å²) < 4.78 is 0. The Labute approximate surface area is 99.0 Å². The van der Waals surface area contributed by atoms with Gasteiger partial charge in [0.1, 0.15) is 0 Å². The molecule has 0 bridgehead atoms. The van der Waals surface area contributed by atoms with Gasteiger partial charge in [0.2, 0.25) is 0 Å². The predicted molar refractivity (Wildman–Crippen MR) is 67.1 cm³/mol. The molecule has 0 radical (unpaired) electrons. The van der Waals surface area contributed by atoms with E-state index in [0.717, 1.165) is 18.0 Å². The zero-order chi connectivity index (χ0) is 11.4. The van der Waals surface area contributed by atoms with E-state index in [2.05, 4.69) is 11.0 Å². The molecule has 1 aliphatic heterocycles. The number of thiophene rings is 1. The summed E-state index contributed by atoms with van der Waals surface area (Å²) in [4.78, 5) is 13.8. The SMILES string of the molecule is O=C(O)/C=C/c1ccc(N2CCCCC2)s1. The van der Waals surface area contributed by atoms with Gasteiger partial charge in [-0.25, -0.2) is 4.79 Å². The fraction of sp³-hybridized carbons (Fsp3) is 0.417. The highest BCUT2D eigenvalue weighted by Crippen LogP contribution is 2.29. The summed E-state index contributed by atoms with van der Waals surface area (Å²) in [5, 5.41) is 9.79. The van der Waals surface area contributed by atoms with Crippen molar-refractivity contribution >= 4 is 28.4 Å². The second-order valence-corrected chi connectivity index (χ2v) is 4.99. The summed E-state index contributed by atoms with van der Waals surface area (Å²) in [5.41, 5.74) is 0. The van der Waals surface area contributed by atoms with Crippen molar-refractivity contribution in [3.63, 3.8) is 0 Å². The molecule has 0 spiro atoms. The number of carboxylic acid groups (broad SMARTS) is 1. The van der Waals surface area contributed by atoms with Crippen molar-refractivity contribution in [3.8, 4) is 0 Å². The maximum absolute atomic E-state index is 10.4. The molecule has 1 aromatic rings. The molecule has 0 unspecified atom stereocenters. The zero-order valence-electron chi connectivity index (χ0n) is 9.06. The molecule has 86 valence electrons. The highest BCUT2D eigenvalue weighted by atomic mass is 32.1. The Morgan fingerprint density at radius 3 is 2.75 bits per heavy atom. The van der Waals surface area contributed by atoms with Crippen LogP contribution in [0.4, 0.5) is 5.00 Å². The molecule has 1 aromatic heterocycles. The number of anilines is 1. The lowest BCUT2D eigenvalue weighted by Gasteiger charge is -2.27. The number of carbonyl (C=O) groups is 1. The van der Waals surface area contributed by atoms with Crippen molar-refractivity contribution in [1.82, 2.24) is 0 Å². The van der Waals surface area contributed by atoms with Crippen LogP contribution in [-0.4, -0.2) is 24.2 Å². The number of piperidine rings is 1. The lowest BCUT2D eigenvalue weighted by molar-refractivity contribution is -0.131. The fourth-order valence-electron chi connectivity index (χ4n) is 1.87. The van der Waals surface area contributed by atoms with Gasteiger partial charge < -0.3 is 10.0 Å². The summed E-state index contributed by atoms with van der Waals surface area (Å²) >= 11 is 1.66. The fourth-order valence-corrected chi connectivity index (χ4v) is 2.83. The van der Waals surface area contributed by atoms with Crippen LogP contribution in [0.15, 0.2) is 18.2 Å². The van der Waals surface area contributed by atoms with Gasteiger partial charge in [-0.05, 0) is 37.5 Å². The van der Waals surface area contributed by atoms with Crippen LogP contribution in [0.2, 0.25) is 0 Å². The Hall–Kier alpha value is -1.29. The highest BCUT2D eigenvalue weighted by molar-refractivity contribution is 7.16. The van der Waals surface area contributed by atoms with E-state index in [1.165, 1.54) is 30.3 Å². The summed E-state index contributed by atoms with van der Waals surface area (Å²) in [6, 6.07) is 4.06. The third-order valence-electron chi connectivity index (χ3n) is 2.67. The van der Waals surface area contributed by atoms with E-state index in [-0.39, 0.29) is 0 Å². The van der Waals surface area contributed by atoms with Crippen molar-refractivity contribution in [2.24, 2.45) is 0 Å². The lowest BCUT2D eigenvalue weighted by atomic mass is 10.1. The molecule has 16 heavy (non-hydrogen) atoms. The van der Waals surface area contributed by atoms with E-state index >= 15 is 0 Å². The van der Waals surface area contributed by atoms with Gasteiger partial charge >= 0.3 is 5.97 Å². The minimum absolute atomic E-state index is 0.895. The quantitative estimate of drug-likeness (QED) is 0.822. The van der Waals surface area contributed by atoms with Crippen LogP contribution < -0.4 is 4.90 Å². The minimum Gasteiger partial charge on any atom is -0.478 e. The van der Waals surface area contributed by atoms with E-state index in [1.807, 2.05) is 6.07 Å². The van der Waals surface area contributed by atoms with Gasteiger partial charge in [-0.3, -0.25) is 0 Å². The van der Waals surface area contributed by atoms with Crippen LogP contribution in [-0.2, 0) is 4.79 Å². The molecule has 0 aliphatic carbocycles. The summed E-state index contributed by atoms with van der Waals surface area (Å²) in [6.07, 6.45) is 6.69. The van der Waals surface area contributed by atoms with Crippen molar-refractivity contribution < 1.29 is 9.90 Å². The van der Waals surface area contributed by atoms with E-state index in [9.17, 15) is 4.79 Å². The van der Waals surface area contributed by atoms with Crippen LogP contribution in [0, 0.1) is 0 Å². The first-order valence-corrected chi connectivity index (χ1v) is 6.33. The van der Waals surface area contributed by atoms with Gasteiger partial charge in [0.05, 0.1) is 5.00 Å². The topological polar surface area (TPSA) is 40.5 Å². The number of carboxylic acids is 1. The van der Waals surface area contributed by atoms with Crippen LogP contribution in [0.25, 0.3) is 6.08 Å². The first kappa shape index (κ1) is 11.2. The molecule has 0 amide bonds. The molecule has 2 heterocycles. The summed E-state index contributed by atoms with van der Waals surface area (Å²) in [5.74, 6) is -0.895. The minimum atomic E-state index is -0.895. The number of aliphatic carboxylic acids is 1. The van der Waals surface area contributed by atoms with Gasteiger partial charge in [0.25, 0.3) is 0 Å². The molecule has 1 N–H and O–H groups in total. The average molecular weight is 237 g/mol. The second-order valence-electron chi connectivity index (χ2n) is 3.90. The van der Waals surface area contributed by atoms with E-state index in [4.69, 9.17) is 5.11 Å². The van der Waals surface area contributed by atoms with Crippen LogP contribution in [0.5, 0.6) is 0 Å². The Morgan fingerprint density at radius 2 is 2.06 bits per heavy atom. The van der Waals surface area contributed by atoms with Gasteiger partial charge in [0.15, 0.2) is 0 Å². The molecular weight excluding hydrogens is 222 g/mol. The third kappa shape index (κ3) is 2.85. The van der Waals surface area contributed by atoms with Crippen LogP contribution in [0.1, 0.15) is 24.1 Å². The number of hydrogen-bond acceptors (Lipinski definition) is 3. The highest BCUT2D eigenvalue weighted by Gasteiger charge is 2.12.